The number of rotatable bonds is 5. The van der Waals surface area contributed by atoms with E-state index in [4.69, 9.17) is 4.74 Å². The summed E-state index contributed by atoms with van der Waals surface area (Å²) < 4.78 is 6.35. The molecule has 3 aromatic rings. The van der Waals surface area contributed by atoms with E-state index in [0.29, 0.717) is 11.3 Å². The molecule has 0 saturated carbocycles. The van der Waals surface area contributed by atoms with Gasteiger partial charge in [-0.1, -0.05) is 70.0 Å². The molecule has 1 aliphatic heterocycles. The van der Waals surface area contributed by atoms with Gasteiger partial charge in [0, 0.05) is 15.6 Å². The van der Waals surface area contributed by atoms with E-state index in [1.54, 1.807) is 19.2 Å². The minimum atomic E-state index is -0.723. The molecule has 0 aromatic heterocycles. The standard InChI is InChI=1S/C27H24BrNO4/c1-16-7-6-9-18(13-16)24-23(25(30)19-11-12-21(28)17(2)14-19)26(31)27(32)29(24)15-20-8-4-5-10-22(20)33-3/h4-14,24,30H,15H2,1-3H3/b25-23-. The molecule has 1 fully saturated rings. The largest absolute Gasteiger partial charge is 0.507 e. The summed E-state index contributed by atoms with van der Waals surface area (Å²) in [6, 6.07) is 19.7. The van der Waals surface area contributed by atoms with E-state index in [1.807, 2.05) is 68.4 Å². The Labute approximate surface area is 201 Å². The maximum Gasteiger partial charge on any atom is 0.295 e. The second-order valence-corrected chi connectivity index (χ2v) is 8.97. The van der Waals surface area contributed by atoms with E-state index in [1.165, 1.54) is 4.90 Å². The van der Waals surface area contributed by atoms with Gasteiger partial charge in [0.1, 0.15) is 11.5 Å². The van der Waals surface area contributed by atoms with Gasteiger partial charge in [-0.3, -0.25) is 9.59 Å². The molecule has 168 valence electrons. The smallest absolute Gasteiger partial charge is 0.295 e. The summed E-state index contributed by atoms with van der Waals surface area (Å²) in [5.74, 6) is -0.902. The summed E-state index contributed by atoms with van der Waals surface area (Å²) >= 11 is 3.46. The van der Waals surface area contributed by atoms with Crippen LogP contribution in [-0.2, 0) is 16.1 Å². The van der Waals surface area contributed by atoms with Gasteiger partial charge in [0.2, 0.25) is 0 Å². The van der Waals surface area contributed by atoms with E-state index < -0.39 is 17.7 Å². The molecule has 6 heteroatoms. The molecular weight excluding hydrogens is 482 g/mol. The summed E-state index contributed by atoms with van der Waals surface area (Å²) in [7, 11) is 1.57. The zero-order chi connectivity index (χ0) is 23.7. The summed E-state index contributed by atoms with van der Waals surface area (Å²) in [4.78, 5) is 28.0. The molecule has 0 aliphatic carbocycles. The number of para-hydroxylation sites is 1. The topological polar surface area (TPSA) is 66.8 Å². The first-order chi connectivity index (χ1) is 15.8. The maximum atomic E-state index is 13.2. The van der Waals surface area contributed by atoms with Crippen LogP contribution in [-0.4, -0.2) is 28.8 Å². The van der Waals surface area contributed by atoms with E-state index in [2.05, 4.69) is 15.9 Å². The van der Waals surface area contributed by atoms with Crippen molar-refractivity contribution < 1.29 is 19.4 Å². The Bertz CT molecular complexity index is 1280. The highest BCUT2D eigenvalue weighted by Gasteiger charge is 2.46. The molecule has 1 saturated heterocycles. The molecule has 1 N–H and O–H groups in total. The molecule has 4 rings (SSSR count). The number of hydrogen-bond acceptors (Lipinski definition) is 4. The van der Waals surface area contributed by atoms with E-state index >= 15 is 0 Å². The van der Waals surface area contributed by atoms with Crippen LogP contribution in [0, 0.1) is 13.8 Å². The minimum Gasteiger partial charge on any atom is -0.507 e. The molecule has 0 radical (unpaired) electrons. The molecule has 0 bridgehead atoms. The number of aryl methyl sites for hydroxylation is 2. The average Bonchev–Trinajstić information content (AvgIpc) is 3.05. The Morgan fingerprint density at radius 2 is 1.79 bits per heavy atom. The van der Waals surface area contributed by atoms with Gasteiger partial charge < -0.3 is 14.7 Å². The van der Waals surface area contributed by atoms with Crippen molar-refractivity contribution >= 4 is 33.4 Å². The third-order valence-corrected chi connectivity index (χ3v) is 6.75. The summed E-state index contributed by atoms with van der Waals surface area (Å²) in [5.41, 5.74) is 4.02. The number of ether oxygens (including phenoxy) is 1. The number of aliphatic hydroxyl groups is 1. The Morgan fingerprint density at radius 3 is 2.48 bits per heavy atom. The van der Waals surface area contributed by atoms with Gasteiger partial charge in [0.25, 0.3) is 11.7 Å². The summed E-state index contributed by atoms with van der Waals surface area (Å²) in [5, 5.41) is 11.2. The molecular formula is C27H24BrNO4. The Hall–Kier alpha value is -3.38. The first-order valence-corrected chi connectivity index (χ1v) is 11.3. The van der Waals surface area contributed by atoms with Crippen LogP contribution < -0.4 is 4.74 Å². The predicted molar refractivity (Wildman–Crippen MR) is 131 cm³/mol. The first-order valence-electron chi connectivity index (χ1n) is 10.5. The number of methoxy groups -OCH3 is 1. The normalized spacial score (nSPS) is 17.5. The Kier molecular flexibility index (Phi) is 6.38. The molecule has 3 aromatic carbocycles. The van der Waals surface area contributed by atoms with Gasteiger partial charge in [-0.05, 0) is 43.2 Å². The van der Waals surface area contributed by atoms with E-state index in [-0.39, 0.29) is 17.9 Å². The van der Waals surface area contributed by atoms with Crippen LogP contribution in [0.2, 0.25) is 0 Å². The average molecular weight is 506 g/mol. The lowest BCUT2D eigenvalue weighted by Crippen LogP contribution is -2.29. The number of likely N-dealkylation sites (tertiary alicyclic amines) is 1. The number of benzene rings is 3. The number of aliphatic hydroxyl groups excluding tert-OH is 1. The molecule has 1 atom stereocenters. The quantitative estimate of drug-likeness (QED) is 0.274. The first kappa shape index (κ1) is 22.8. The highest BCUT2D eigenvalue weighted by Crippen LogP contribution is 2.41. The van der Waals surface area contributed by atoms with Gasteiger partial charge in [-0.15, -0.1) is 0 Å². The maximum absolute atomic E-state index is 13.2. The predicted octanol–water partition coefficient (Wildman–Crippen LogP) is 5.70. The monoisotopic (exact) mass is 505 g/mol. The van der Waals surface area contributed by atoms with Crippen LogP contribution in [0.25, 0.3) is 5.76 Å². The van der Waals surface area contributed by atoms with Crippen LogP contribution in [0.15, 0.2) is 76.8 Å². The fourth-order valence-electron chi connectivity index (χ4n) is 4.19. The number of nitrogens with zero attached hydrogens (tertiary/aromatic N) is 1. The number of amides is 1. The van der Waals surface area contributed by atoms with Crippen molar-refractivity contribution in [2.75, 3.05) is 7.11 Å². The molecule has 1 aliphatic rings. The van der Waals surface area contributed by atoms with Crippen molar-refractivity contribution in [2.45, 2.75) is 26.4 Å². The zero-order valence-electron chi connectivity index (χ0n) is 18.6. The van der Waals surface area contributed by atoms with E-state index in [9.17, 15) is 14.7 Å². The van der Waals surface area contributed by atoms with Crippen LogP contribution in [0.5, 0.6) is 5.75 Å². The minimum absolute atomic E-state index is 0.0854. The summed E-state index contributed by atoms with van der Waals surface area (Å²) in [6.45, 7) is 4.02. The Balaban J connectivity index is 1.89. The van der Waals surface area contributed by atoms with Crippen LogP contribution >= 0.6 is 15.9 Å². The zero-order valence-corrected chi connectivity index (χ0v) is 20.2. The third kappa shape index (κ3) is 4.31. The molecule has 33 heavy (non-hydrogen) atoms. The van der Waals surface area contributed by atoms with Gasteiger partial charge >= 0.3 is 0 Å². The molecule has 0 spiro atoms. The van der Waals surface area contributed by atoms with Crippen LogP contribution in [0.1, 0.15) is 33.9 Å². The lowest BCUT2D eigenvalue weighted by atomic mass is 9.94. The second-order valence-electron chi connectivity index (χ2n) is 8.12. The van der Waals surface area contributed by atoms with Crippen molar-refractivity contribution in [1.29, 1.82) is 0 Å². The lowest BCUT2D eigenvalue weighted by Gasteiger charge is -2.26. The number of hydrogen-bond donors (Lipinski definition) is 1. The Morgan fingerprint density at radius 1 is 1.03 bits per heavy atom. The van der Waals surface area contributed by atoms with Crippen molar-refractivity contribution in [3.8, 4) is 5.75 Å². The number of carbonyl (C=O) groups excluding carboxylic acids is 2. The SMILES string of the molecule is COc1ccccc1CN1C(=O)C(=O)/C(=C(\O)c2ccc(Br)c(C)c2)C1c1cccc(C)c1. The highest BCUT2D eigenvalue weighted by molar-refractivity contribution is 9.10. The van der Waals surface area contributed by atoms with Gasteiger partial charge in [-0.25, -0.2) is 0 Å². The molecule has 1 amide bonds. The van der Waals surface area contributed by atoms with Crippen molar-refractivity contribution in [2.24, 2.45) is 0 Å². The van der Waals surface area contributed by atoms with Crippen LogP contribution in [0.3, 0.4) is 0 Å². The molecule has 1 unspecified atom stereocenters. The molecule has 5 nitrogen and oxygen atoms in total. The number of carbonyl (C=O) groups is 2. The van der Waals surface area contributed by atoms with Crippen molar-refractivity contribution in [3.05, 3.63) is 105 Å². The molecule has 1 heterocycles. The van der Waals surface area contributed by atoms with Gasteiger partial charge in [0.05, 0.1) is 25.3 Å². The van der Waals surface area contributed by atoms with Gasteiger partial charge in [-0.2, -0.15) is 0 Å². The lowest BCUT2D eigenvalue weighted by molar-refractivity contribution is -0.140. The van der Waals surface area contributed by atoms with Crippen molar-refractivity contribution in [1.82, 2.24) is 4.90 Å². The second kappa shape index (κ2) is 9.24. The third-order valence-electron chi connectivity index (χ3n) is 5.86. The van der Waals surface area contributed by atoms with Crippen molar-refractivity contribution in [3.63, 3.8) is 0 Å². The van der Waals surface area contributed by atoms with E-state index in [0.717, 1.165) is 26.7 Å². The highest BCUT2D eigenvalue weighted by atomic mass is 79.9. The summed E-state index contributed by atoms with van der Waals surface area (Å²) in [6.07, 6.45) is 0. The van der Waals surface area contributed by atoms with Gasteiger partial charge in [0.15, 0.2) is 0 Å². The fourth-order valence-corrected chi connectivity index (χ4v) is 4.44. The van der Waals surface area contributed by atoms with Crippen LogP contribution in [0.4, 0.5) is 0 Å². The number of halogens is 1. The number of ketones is 1. The fraction of sp³-hybridized carbons (Fsp3) is 0.185. The number of Topliss-reactive ketones (excluding diaryl/α,β-unsaturated/α-hetero) is 1.